The van der Waals surface area contributed by atoms with Crippen molar-refractivity contribution in [1.82, 2.24) is 4.98 Å². The van der Waals surface area contributed by atoms with Gasteiger partial charge in [-0.15, -0.1) is 11.3 Å². The highest BCUT2D eigenvalue weighted by atomic mass is 32.1. The van der Waals surface area contributed by atoms with Gasteiger partial charge < -0.3 is 5.11 Å². The molecule has 0 spiro atoms. The molecule has 0 amide bonds. The van der Waals surface area contributed by atoms with Gasteiger partial charge >= 0.3 is 0 Å². The largest absolute Gasteiger partial charge is 0.507 e. The number of para-hydroxylation sites is 1. The summed E-state index contributed by atoms with van der Waals surface area (Å²) in [6.45, 7) is 1.54. The topological polar surface area (TPSA) is 50.2 Å². The van der Waals surface area contributed by atoms with E-state index in [9.17, 15) is 9.90 Å². The highest BCUT2D eigenvalue weighted by molar-refractivity contribution is 7.13. The van der Waals surface area contributed by atoms with Gasteiger partial charge in [-0.25, -0.2) is 4.98 Å². The molecule has 2 rings (SSSR count). The third-order valence-corrected chi connectivity index (χ3v) is 3.04. The molecule has 0 atom stereocenters. The number of aromatic hydroxyl groups is 1. The zero-order valence-electron chi connectivity index (χ0n) is 8.80. The lowest BCUT2D eigenvalue weighted by Crippen LogP contribution is -1.96. The van der Waals surface area contributed by atoms with Crippen LogP contribution in [0.5, 0.6) is 5.75 Å². The van der Waals surface area contributed by atoms with Crippen molar-refractivity contribution in [1.29, 1.82) is 0 Å². The van der Waals surface area contributed by atoms with Gasteiger partial charge in [0.2, 0.25) is 0 Å². The Bertz CT molecular complexity index is 519. The molecule has 4 heteroatoms. The highest BCUT2D eigenvalue weighted by Gasteiger charge is 2.09. The van der Waals surface area contributed by atoms with Crippen LogP contribution in [0, 0.1) is 0 Å². The van der Waals surface area contributed by atoms with E-state index in [0.29, 0.717) is 12.0 Å². The average Bonchev–Trinajstić information content (AvgIpc) is 2.66. The van der Waals surface area contributed by atoms with Gasteiger partial charge in [0.25, 0.3) is 0 Å². The van der Waals surface area contributed by atoms with Crippen LogP contribution in [0.15, 0.2) is 29.6 Å². The van der Waals surface area contributed by atoms with Gasteiger partial charge in [0.15, 0.2) is 0 Å². The average molecular weight is 233 g/mol. The molecule has 0 bridgehead atoms. The molecule has 1 aromatic carbocycles. The van der Waals surface area contributed by atoms with Crippen molar-refractivity contribution in [3.63, 3.8) is 0 Å². The predicted molar refractivity (Wildman–Crippen MR) is 63.6 cm³/mol. The fourth-order valence-corrected chi connectivity index (χ4v) is 2.27. The molecule has 2 aromatic rings. The van der Waals surface area contributed by atoms with Gasteiger partial charge in [-0.3, -0.25) is 4.79 Å². The maximum Gasteiger partial charge on any atom is 0.135 e. The van der Waals surface area contributed by atoms with Gasteiger partial charge in [0.05, 0.1) is 11.3 Å². The number of phenolic OH excluding ortho intramolecular Hbond substituents is 1. The first kappa shape index (κ1) is 10.8. The molecule has 1 N–H and O–H groups in total. The Balaban J connectivity index is 2.32. The molecular formula is C12H11NO2S. The minimum absolute atomic E-state index is 0.0918. The van der Waals surface area contributed by atoms with E-state index >= 15 is 0 Å². The summed E-state index contributed by atoms with van der Waals surface area (Å²) in [5.41, 5.74) is 1.47. The van der Waals surface area contributed by atoms with E-state index < -0.39 is 0 Å². The lowest BCUT2D eigenvalue weighted by Gasteiger charge is -1.98. The Morgan fingerprint density at radius 2 is 2.19 bits per heavy atom. The van der Waals surface area contributed by atoms with Crippen molar-refractivity contribution in [2.75, 3.05) is 0 Å². The van der Waals surface area contributed by atoms with Crippen LogP contribution >= 0.6 is 11.3 Å². The monoisotopic (exact) mass is 233 g/mol. The first-order valence-electron chi connectivity index (χ1n) is 4.89. The third kappa shape index (κ3) is 2.28. The third-order valence-electron chi connectivity index (χ3n) is 2.12. The van der Waals surface area contributed by atoms with Crippen LogP contribution in [0.25, 0.3) is 10.6 Å². The van der Waals surface area contributed by atoms with Crippen molar-refractivity contribution in [2.45, 2.75) is 13.3 Å². The molecule has 16 heavy (non-hydrogen) atoms. The number of Topliss-reactive ketones (excluding diaryl/α,β-unsaturated/α-hetero) is 1. The van der Waals surface area contributed by atoms with Crippen LogP contribution in [0.3, 0.4) is 0 Å². The van der Waals surface area contributed by atoms with Gasteiger partial charge in [-0.1, -0.05) is 12.1 Å². The molecule has 0 unspecified atom stereocenters. The van der Waals surface area contributed by atoms with Crippen LogP contribution in [0.4, 0.5) is 0 Å². The van der Waals surface area contributed by atoms with Crippen LogP contribution in [0.1, 0.15) is 12.6 Å². The Morgan fingerprint density at radius 1 is 1.44 bits per heavy atom. The predicted octanol–water partition coefficient (Wildman–Crippen LogP) is 2.65. The maximum absolute atomic E-state index is 10.9. The highest BCUT2D eigenvalue weighted by Crippen LogP contribution is 2.31. The minimum atomic E-state index is 0.0918. The first-order chi connectivity index (χ1) is 7.66. The van der Waals surface area contributed by atoms with Gasteiger partial charge in [0, 0.05) is 11.8 Å². The van der Waals surface area contributed by atoms with Crippen molar-refractivity contribution >= 4 is 17.1 Å². The minimum Gasteiger partial charge on any atom is -0.507 e. The Labute approximate surface area is 97.4 Å². The molecule has 82 valence electrons. The smallest absolute Gasteiger partial charge is 0.135 e. The van der Waals surface area contributed by atoms with Crippen LogP contribution in [0.2, 0.25) is 0 Å². The molecule has 0 saturated heterocycles. The summed E-state index contributed by atoms with van der Waals surface area (Å²) in [7, 11) is 0. The standard InChI is InChI=1S/C12H11NO2S/c1-8(14)6-9-7-16-12(13-9)10-4-2-3-5-11(10)15/h2-5,7,15H,6H2,1H3. The van der Waals surface area contributed by atoms with E-state index in [1.807, 2.05) is 17.5 Å². The second-order valence-corrected chi connectivity index (χ2v) is 4.40. The number of carbonyl (C=O) groups excluding carboxylic acids is 1. The number of ketones is 1. The number of benzene rings is 1. The summed E-state index contributed by atoms with van der Waals surface area (Å²) in [5.74, 6) is 0.306. The molecule has 0 fully saturated rings. The number of hydrogen-bond acceptors (Lipinski definition) is 4. The second kappa shape index (κ2) is 4.45. The first-order valence-corrected chi connectivity index (χ1v) is 5.77. The normalized spacial score (nSPS) is 10.3. The summed E-state index contributed by atoms with van der Waals surface area (Å²) < 4.78 is 0. The lowest BCUT2D eigenvalue weighted by atomic mass is 10.2. The Kier molecular flexibility index (Phi) is 3.01. The van der Waals surface area contributed by atoms with E-state index in [2.05, 4.69) is 4.98 Å². The number of phenols is 1. The fourth-order valence-electron chi connectivity index (χ4n) is 1.42. The number of rotatable bonds is 3. The summed E-state index contributed by atoms with van der Waals surface area (Å²) in [6.07, 6.45) is 0.351. The number of hydrogen-bond donors (Lipinski definition) is 1. The number of nitrogens with zero attached hydrogens (tertiary/aromatic N) is 1. The summed E-state index contributed by atoms with van der Waals surface area (Å²) >= 11 is 1.44. The molecular weight excluding hydrogens is 222 g/mol. The molecule has 0 saturated carbocycles. The molecule has 0 aliphatic rings. The Morgan fingerprint density at radius 3 is 2.88 bits per heavy atom. The van der Waals surface area contributed by atoms with Gasteiger partial charge in [-0.2, -0.15) is 0 Å². The van der Waals surface area contributed by atoms with Gasteiger partial charge in [0.1, 0.15) is 16.5 Å². The van der Waals surface area contributed by atoms with Crippen LogP contribution in [-0.4, -0.2) is 15.9 Å². The number of aromatic nitrogens is 1. The van der Waals surface area contributed by atoms with E-state index in [1.54, 1.807) is 19.1 Å². The molecule has 3 nitrogen and oxygen atoms in total. The lowest BCUT2D eigenvalue weighted by molar-refractivity contribution is -0.116. The summed E-state index contributed by atoms with van der Waals surface area (Å²) in [6, 6.07) is 7.05. The van der Waals surface area contributed by atoms with Crippen molar-refractivity contribution in [3.05, 3.63) is 35.3 Å². The molecule has 0 radical (unpaired) electrons. The fraction of sp³-hybridized carbons (Fsp3) is 0.167. The van der Waals surface area contributed by atoms with E-state index in [4.69, 9.17) is 0 Å². The number of thiazole rings is 1. The van der Waals surface area contributed by atoms with Crippen molar-refractivity contribution < 1.29 is 9.90 Å². The summed E-state index contributed by atoms with van der Waals surface area (Å²) in [5, 5.41) is 12.2. The van der Waals surface area contributed by atoms with Crippen molar-refractivity contribution in [2.24, 2.45) is 0 Å². The molecule has 0 aliphatic carbocycles. The zero-order valence-corrected chi connectivity index (χ0v) is 9.62. The van der Waals surface area contributed by atoms with E-state index in [0.717, 1.165) is 10.7 Å². The maximum atomic E-state index is 10.9. The molecule has 1 heterocycles. The van der Waals surface area contributed by atoms with Crippen LogP contribution in [-0.2, 0) is 11.2 Å². The zero-order chi connectivity index (χ0) is 11.5. The van der Waals surface area contributed by atoms with E-state index in [-0.39, 0.29) is 11.5 Å². The van der Waals surface area contributed by atoms with Crippen LogP contribution < -0.4 is 0 Å². The van der Waals surface area contributed by atoms with Gasteiger partial charge in [-0.05, 0) is 19.1 Å². The number of carbonyl (C=O) groups is 1. The van der Waals surface area contributed by atoms with E-state index in [1.165, 1.54) is 11.3 Å². The molecule has 1 aromatic heterocycles. The SMILES string of the molecule is CC(=O)Cc1csc(-c2ccccc2O)n1. The quantitative estimate of drug-likeness (QED) is 0.886. The van der Waals surface area contributed by atoms with Crippen molar-refractivity contribution in [3.8, 4) is 16.3 Å². The summed E-state index contributed by atoms with van der Waals surface area (Å²) in [4.78, 5) is 15.3. The second-order valence-electron chi connectivity index (χ2n) is 3.54. The Hall–Kier alpha value is -1.68. The molecule has 0 aliphatic heterocycles.